The lowest BCUT2D eigenvalue weighted by Gasteiger charge is -2.21. The maximum atomic E-state index is 3.45. The molecule has 0 spiro atoms. The Labute approximate surface area is 104 Å². The summed E-state index contributed by atoms with van der Waals surface area (Å²) >= 11 is 3.45. The third-order valence-electron chi connectivity index (χ3n) is 2.26. The number of halogens is 1. The molecule has 2 rings (SSSR count). The van der Waals surface area contributed by atoms with Crippen LogP contribution in [0, 0.1) is 0 Å². The molecule has 0 radical (unpaired) electrons. The molecule has 0 aliphatic rings. The van der Waals surface area contributed by atoms with Gasteiger partial charge in [-0.1, -0.05) is 40.2 Å². The van der Waals surface area contributed by atoms with Crippen molar-refractivity contribution in [2.24, 2.45) is 0 Å². The molecule has 2 aromatic rings. The van der Waals surface area contributed by atoms with E-state index < -0.39 is 0 Å². The number of hydrazine groups is 1. The normalized spacial score (nSPS) is 9.88. The van der Waals surface area contributed by atoms with E-state index in [1.807, 2.05) is 54.5 Å². The first-order valence-corrected chi connectivity index (χ1v) is 5.86. The lowest BCUT2D eigenvalue weighted by atomic mass is 10.3. The molecule has 0 bridgehead atoms. The van der Waals surface area contributed by atoms with Gasteiger partial charge in [0.05, 0.1) is 11.4 Å². The summed E-state index contributed by atoms with van der Waals surface area (Å²) < 4.78 is 1.07. The lowest BCUT2D eigenvalue weighted by Crippen LogP contribution is -2.24. The third kappa shape index (κ3) is 2.76. The van der Waals surface area contributed by atoms with E-state index in [4.69, 9.17) is 0 Å². The summed E-state index contributed by atoms with van der Waals surface area (Å²) in [5.74, 6) is 0. The third-order valence-corrected chi connectivity index (χ3v) is 2.76. The number of rotatable bonds is 3. The molecule has 0 unspecified atom stereocenters. The minimum absolute atomic E-state index is 1.06. The molecule has 16 heavy (non-hydrogen) atoms. The van der Waals surface area contributed by atoms with Crippen LogP contribution in [-0.4, -0.2) is 7.05 Å². The number of nitrogens with one attached hydrogen (secondary N) is 1. The Morgan fingerprint density at radius 2 is 1.75 bits per heavy atom. The van der Waals surface area contributed by atoms with E-state index in [0.29, 0.717) is 0 Å². The van der Waals surface area contributed by atoms with Crippen molar-refractivity contribution in [3.8, 4) is 0 Å². The summed E-state index contributed by atoms with van der Waals surface area (Å²) in [6.45, 7) is 0. The fourth-order valence-corrected chi connectivity index (χ4v) is 1.87. The molecule has 1 N–H and O–H groups in total. The van der Waals surface area contributed by atoms with Crippen LogP contribution in [0.2, 0.25) is 0 Å². The van der Waals surface area contributed by atoms with Gasteiger partial charge in [-0.3, -0.25) is 10.4 Å². The van der Waals surface area contributed by atoms with Gasteiger partial charge >= 0.3 is 0 Å². The van der Waals surface area contributed by atoms with Gasteiger partial charge < -0.3 is 0 Å². The van der Waals surface area contributed by atoms with Crippen LogP contribution in [0.1, 0.15) is 0 Å². The molecular weight excluding hydrogens is 264 g/mol. The summed E-state index contributed by atoms with van der Waals surface area (Å²) in [5, 5.41) is 1.99. The van der Waals surface area contributed by atoms with Crippen molar-refractivity contribution in [2.45, 2.75) is 0 Å². The second-order valence-corrected chi connectivity index (χ2v) is 4.43. The van der Waals surface area contributed by atoms with Crippen LogP contribution in [0.15, 0.2) is 59.1 Å². The maximum Gasteiger partial charge on any atom is 0.0568 e. The van der Waals surface area contributed by atoms with Crippen LogP contribution >= 0.6 is 15.9 Å². The van der Waals surface area contributed by atoms with Crippen molar-refractivity contribution in [1.82, 2.24) is 0 Å². The Morgan fingerprint density at radius 1 is 1.00 bits per heavy atom. The van der Waals surface area contributed by atoms with Gasteiger partial charge in [0, 0.05) is 11.5 Å². The minimum atomic E-state index is 1.06. The lowest BCUT2D eigenvalue weighted by molar-refractivity contribution is 1.09. The van der Waals surface area contributed by atoms with Gasteiger partial charge in [0.15, 0.2) is 0 Å². The molecule has 0 heterocycles. The van der Waals surface area contributed by atoms with E-state index in [2.05, 4.69) is 33.5 Å². The predicted molar refractivity (Wildman–Crippen MR) is 72.6 cm³/mol. The van der Waals surface area contributed by atoms with Crippen molar-refractivity contribution in [2.75, 3.05) is 17.5 Å². The Hall–Kier alpha value is -1.48. The highest BCUT2D eigenvalue weighted by Gasteiger charge is 1.99. The first-order valence-electron chi connectivity index (χ1n) is 5.07. The van der Waals surface area contributed by atoms with Gasteiger partial charge in [0.2, 0.25) is 0 Å². The summed E-state index contributed by atoms with van der Waals surface area (Å²) in [5.41, 5.74) is 5.49. The van der Waals surface area contributed by atoms with Crippen LogP contribution in [0.25, 0.3) is 0 Å². The van der Waals surface area contributed by atoms with Crippen LogP contribution in [-0.2, 0) is 0 Å². The Balaban J connectivity index is 2.11. The van der Waals surface area contributed by atoms with Gasteiger partial charge in [-0.05, 0) is 30.3 Å². The second-order valence-electron chi connectivity index (χ2n) is 3.52. The van der Waals surface area contributed by atoms with Crippen molar-refractivity contribution in [3.05, 3.63) is 59.1 Å². The average molecular weight is 277 g/mol. The highest BCUT2D eigenvalue weighted by atomic mass is 79.9. The summed E-state index contributed by atoms with van der Waals surface area (Å²) in [6, 6.07) is 18.3. The van der Waals surface area contributed by atoms with Gasteiger partial charge in [0.25, 0.3) is 0 Å². The molecule has 82 valence electrons. The predicted octanol–water partition coefficient (Wildman–Crippen LogP) is 3.91. The quantitative estimate of drug-likeness (QED) is 0.856. The largest absolute Gasteiger partial charge is 0.299 e. The molecule has 0 saturated heterocycles. The fraction of sp³-hybridized carbons (Fsp3) is 0.0769. The number of hydrogen-bond acceptors (Lipinski definition) is 2. The minimum Gasteiger partial charge on any atom is -0.299 e. The molecule has 0 amide bonds. The molecule has 2 aromatic carbocycles. The standard InChI is InChI=1S/C13H13BrN2/c1-16(13-8-3-2-4-9-13)15-12-7-5-6-11(14)10-12/h2-10,15H,1H3. The number of nitrogens with zero attached hydrogens (tertiary/aromatic N) is 1. The molecule has 2 nitrogen and oxygen atoms in total. The molecule has 0 aliphatic carbocycles. The Kier molecular flexibility index (Phi) is 3.47. The van der Waals surface area contributed by atoms with E-state index in [0.717, 1.165) is 15.8 Å². The van der Waals surface area contributed by atoms with Crippen molar-refractivity contribution in [3.63, 3.8) is 0 Å². The molecule has 0 aromatic heterocycles. The molecule has 0 atom stereocenters. The second kappa shape index (κ2) is 5.03. The SMILES string of the molecule is CN(Nc1cccc(Br)c1)c1ccccc1. The van der Waals surface area contributed by atoms with Crippen LogP contribution in [0.5, 0.6) is 0 Å². The summed E-state index contributed by atoms with van der Waals surface area (Å²) in [4.78, 5) is 0. The zero-order chi connectivity index (χ0) is 11.4. The van der Waals surface area contributed by atoms with E-state index in [9.17, 15) is 0 Å². The monoisotopic (exact) mass is 276 g/mol. The molecule has 0 saturated carbocycles. The van der Waals surface area contributed by atoms with Crippen molar-refractivity contribution in [1.29, 1.82) is 0 Å². The smallest absolute Gasteiger partial charge is 0.0568 e. The number of anilines is 2. The first-order chi connectivity index (χ1) is 7.75. The number of hydrogen-bond donors (Lipinski definition) is 1. The zero-order valence-corrected chi connectivity index (χ0v) is 10.6. The first kappa shape index (κ1) is 11.0. The molecular formula is C13H13BrN2. The van der Waals surface area contributed by atoms with Gasteiger partial charge in [-0.25, -0.2) is 0 Å². The highest BCUT2D eigenvalue weighted by Crippen LogP contribution is 2.18. The topological polar surface area (TPSA) is 15.3 Å². The van der Waals surface area contributed by atoms with E-state index in [1.165, 1.54) is 0 Å². The average Bonchev–Trinajstić information content (AvgIpc) is 2.30. The molecule has 0 fully saturated rings. The molecule has 0 aliphatic heterocycles. The molecule has 3 heteroatoms. The fourth-order valence-electron chi connectivity index (χ4n) is 1.47. The van der Waals surface area contributed by atoms with E-state index in [1.54, 1.807) is 0 Å². The van der Waals surface area contributed by atoms with Crippen molar-refractivity contribution < 1.29 is 0 Å². The Bertz CT molecular complexity index is 456. The van der Waals surface area contributed by atoms with Crippen LogP contribution in [0.3, 0.4) is 0 Å². The summed E-state index contributed by atoms with van der Waals surface area (Å²) in [7, 11) is 2.00. The maximum absolute atomic E-state index is 3.45. The van der Waals surface area contributed by atoms with Gasteiger partial charge in [0.1, 0.15) is 0 Å². The van der Waals surface area contributed by atoms with Crippen LogP contribution in [0.4, 0.5) is 11.4 Å². The summed E-state index contributed by atoms with van der Waals surface area (Å²) in [6.07, 6.45) is 0. The number of benzene rings is 2. The van der Waals surface area contributed by atoms with E-state index in [-0.39, 0.29) is 0 Å². The Morgan fingerprint density at radius 3 is 2.44 bits per heavy atom. The highest BCUT2D eigenvalue weighted by molar-refractivity contribution is 9.10. The van der Waals surface area contributed by atoms with Crippen molar-refractivity contribution >= 4 is 27.3 Å². The zero-order valence-electron chi connectivity index (χ0n) is 9.02. The van der Waals surface area contributed by atoms with E-state index >= 15 is 0 Å². The van der Waals surface area contributed by atoms with Gasteiger partial charge in [-0.15, -0.1) is 0 Å². The van der Waals surface area contributed by atoms with Crippen LogP contribution < -0.4 is 10.4 Å². The number of para-hydroxylation sites is 1. The van der Waals surface area contributed by atoms with Gasteiger partial charge in [-0.2, -0.15) is 0 Å².